The third-order valence-electron chi connectivity index (χ3n) is 4.57. The van der Waals surface area contributed by atoms with Gasteiger partial charge in [0.05, 0.1) is 16.3 Å². The zero-order valence-corrected chi connectivity index (χ0v) is 12.4. The Hall–Kier alpha value is -0.800. The number of halogens is 2. The standard InChI is InChI=1S/C16H21ClFNO/c17-13-5-4-6-14(15(13)18)19-12-7-10-20-16(11-12)8-2-1-3-9-16/h4-6,12,19H,1-3,7-11H2. The topological polar surface area (TPSA) is 21.3 Å². The van der Waals surface area contributed by atoms with Crippen LogP contribution in [-0.2, 0) is 4.74 Å². The molecule has 1 heterocycles. The Morgan fingerprint density at radius 1 is 1.25 bits per heavy atom. The maximum absolute atomic E-state index is 14.0. The molecule has 1 aliphatic heterocycles. The lowest BCUT2D eigenvalue weighted by atomic mass is 9.78. The molecule has 0 radical (unpaired) electrons. The maximum atomic E-state index is 14.0. The van der Waals surface area contributed by atoms with Crippen LogP contribution < -0.4 is 5.32 Å². The monoisotopic (exact) mass is 297 g/mol. The fraction of sp³-hybridized carbons (Fsp3) is 0.625. The number of rotatable bonds is 2. The molecule has 0 amide bonds. The molecule has 1 aromatic rings. The highest BCUT2D eigenvalue weighted by Crippen LogP contribution is 2.39. The number of ether oxygens (including phenoxy) is 1. The molecule has 3 rings (SSSR count). The predicted octanol–water partition coefficient (Wildman–Crippen LogP) is 4.77. The van der Waals surface area contributed by atoms with E-state index in [1.165, 1.54) is 19.3 Å². The fourth-order valence-electron chi connectivity index (χ4n) is 3.53. The van der Waals surface area contributed by atoms with Gasteiger partial charge in [0, 0.05) is 12.6 Å². The van der Waals surface area contributed by atoms with Crippen LogP contribution in [0.25, 0.3) is 0 Å². The summed E-state index contributed by atoms with van der Waals surface area (Å²) < 4.78 is 20.0. The minimum Gasteiger partial charge on any atom is -0.380 e. The molecule has 1 atom stereocenters. The highest BCUT2D eigenvalue weighted by Gasteiger charge is 2.38. The third kappa shape index (κ3) is 2.94. The average molecular weight is 298 g/mol. The second-order valence-electron chi connectivity index (χ2n) is 6.03. The van der Waals surface area contributed by atoms with E-state index >= 15 is 0 Å². The van der Waals surface area contributed by atoms with Crippen molar-refractivity contribution in [1.29, 1.82) is 0 Å². The summed E-state index contributed by atoms with van der Waals surface area (Å²) in [5, 5.41) is 3.50. The van der Waals surface area contributed by atoms with E-state index in [9.17, 15) is 4.39 Å². The lowest BCUT2D eigenvalue weighted by Crippen LogP contribution is -2.45. The molecule has 2 fully saturated rings. The van der Waals surface area contributed by atoms with Gasteiger partial charge in [-0.2, -0.15) is 0 Å². The Kier molecular flexibility index (Phi) is 4.18. The fourth-order valence-corrected chi connectivity index (χ4v) is 3.71. The van der Waals surface area contributed by atoms with E-state index in [0.717, 1.165) is 32.3 Å². The molecule has 4 heteroatoms. The summed E-state index contributed by atoms with van der Waals surface area (Å²) >= 11 is 5.83. The van der Waals surface area contributed by atoms with E-state index in [1.807, 2.05) is 0 Å². The molecule has 1 saturated carbocycles. The average Bonchev–Trinajstić information content (AvgIpc) is 2.45. The first-order chi connectivity index (χ1) is 9.69. The molecule has 110 valence electrons. The van der Waals surface area contributed by atoms with Crippen LogP contribution in [0.1, 0.15) is 44.9 Å². The van der Waals surface area contributed by atoms with E-state index in [0.29, 0.717) is 5.69 Å². The molecular weight excluding hydrogens is 277 g/mol. The second-order valence-corrected chi connectivity index (χ2v) is 6.43. The Morgan fingerprint density at radius 3 is 2.85 bits per heavy atom. The summed E-state index contributed by atoms with van der Waals surface area (Å²) in [6.07, 6.45) is 7.99. The highest BCUT2D eigenvalue weighted by atomic mass is 35.5. The van der Waals surface area contributed by atoms with Gasteiger partial charge in [-0.3, -0.25) is 0 Å². The zero-order valence-electron chi connectivity index (χ0n) is 11.6. The van der Waals surface area contributed by atoms with Crippen LogP contribution in [0.5, 0.6) is 0 Å². The summed E-state index contributed by atoms with van der Waals surface area (Å²) in [7, 11) is 0. The predicted molar refractivity (Wildman–Crippen MR) is 79.8 cm³/mol. The smallest absolute Gasteiger partial charge is 0.164 e. The van der Waals surface area contributed by atoms with Crippen LogP contribution >= 0.6 is 11.6 Å². The van der Waals surface area contributed by atoms with Crippen molar-refractivity contribution in [2.75, 3.05) is 11.9 Å². The van der Waals surface area contributed by atoms with Gasteiger partial charge in [-0.05, 0) is 37.8 Å². The van der Waals surface area contributed by atoms with Crippen molar-refractivity contribution < 1.29 is 9.13 Å². The molecule has 0 bridgehead atoms. The first-order valence-electron chi connectivity index (χ1n) is 7.53. The molecule has 1 aromatic carbocycles. The van der Waals surface area contributed by atoms with Crippen LogP contribution in [0.4, 0.5) is 10.1 Å². The number of anilines is 1. The Balaban J connectivity index is 1.69. The summed E-state index contributed by atoms with van der Waals surface area (Å²) in [5.41, 5.74) is 0.541. The van der Waals surface area contributed by atoms with Crippen molar-refractivity contribution in [3.8, 4) is 0 Å². The van der Waals surface area contributed by atoms with Gasteiger partial charge in [0.15, 0.2) is 5.82 Å². The minimum atomic E-state index is -0.349. The number of nitrogens with one attached hydrogen (secondary N) is 1. The third-order valence-corrected chi connectivity index (χ3v) is 4.86. The second kappa shape index (κ2) is 5.90. The van der Waals surface area contributed by atoms with Gasteiger partial charge >= 0.3 is 0 Å². The van der Waals surface area contributed by atoms with Crippen LogP contribution in [0, 0.1) is 5.82 Å². The van der Waals surface area contributed by atoms with Gasteiger partial charge in [-0.15, -0.1) is 0 Å². The summed E-state index contributed by atoms with van der Waals surface area (Å²) in [6, 6.07) is 5.39. The summed E-state index contributed by atoms with van der Waals surface area (Å²) in [5.74, 6) is -0.349. The number of hydrogen-bond donors (Lipinski definition) is 1. The maximum Gasteiger partial charge on any atom is 0.164 e. The quantitative estimate of drug-likeness (QED) is 0.849. The van der Waals surface area contributed by atoms with Gasteiger partial charge in [0.25, 0.3) is 0 Å². The molecule has 1 aliphatic carbocycles. The van der Waals surface area contributed by atoms with E-state index in [-0.39, 0.29) is 22.5 Å². The van der Waals surface area contributed by atoms with Crippen LogP contribution in [0.15, 0.2) is 18.2 Å². The molecule has 1 spiro atoms. The Bertz CT molecular complexity index is 468. The van der Waals surface area contributed by atoms with Crippen molar-refractivity contribution in [3.63, 3.8) is 0 Å². The summed E-state index contributed by atoms with van der Waals surface area (Å²) in [4.78, 5) is 0. The molecular formula is C16H21ClFNO. The first-order valence-corrected chi connectivity index (χ1v) is 7.91. The van der Waals surface area contributed by atoms with Crippen molar-refractivity contribution in [3.05, 3.63) is 29.0 Å². The zero-order chi connectivity index (χ0) is 14.0. The molecule has 2 aliphatic rings. The normalized spacial score (nSPS) is 25.6. The van der Waals surface area contributed by atoms with E-state index in [4.69, 9.17) is 16.3 Å². The van der Waals surface area contributed by atoms with Gasteiger partial charge in [-0.1, -0.05) is 36.9 Å². The van der Waals surface area contributed by atoms with E-state index in [1.54, 1.807) is 18.2 Å². The molecule has 0 aromatic heterocycles. The lowest BCUT2D eigenvalue weighted by molar-refractivity contribution is -0.103. The number of benzene rings is 1. The Labute approximate surface area is 124 Å². The van der Waals surface area contributed by atoms with Crippen molar-refractivity contribution in [2.24, 2.45) is 0 Å². The van der Waals surface area contributed by atoms with Crippen molar-refractivity contribution in [1.82, 2.24) is 0 Å². The van der Waals surface area contributed by atoms with Gasteiger partial charge in [-0.25, -0.2) is 4.39 Å². The molecule has 1 N–H and O–H groups in total. The van der Waals surface area contributed by atoms with Gasteiger partial charge in [0.1, 0.15) is 0 Å². The van der Waals surface area contributed by atoms with E-state index < -0.39 is 0 Å². The largest absolute Gasteiger partial charge is 0.380 e. The van der Waals surface area contributed by atoms with Crippen molar-refractivity contribution >= 4 is 17.3 Å². The van der Waals surface area contributed by atoms with Gasteiger partial charge < -0.3 is 10.1 Å². The Morgan fingerprint density at radius 2 is 2.05 bits per heavy atom. The highest BCUT2D eigenvalue weighted by molar-refractivity contribution is 6.31. The lowest BCUT2D eigenvalue weighted by Gasteiger charge is -2.44. The van der Waals surface area contributed by atoms with E-state index in [2.05, 4.69) is 5.32 Å². The number of hydrogen-bond acceptors (Lipinski definition) is 2. The molecule has 1 saturated heterocycles. The van der Waals surface area contributed by atoms with Crippen LogP contribution in [0.2, 0.25) is 5.02 Å². The van der Waals surface area contributed by atoms with Crippen LogP contribution in [-0.4, -0.2) is 18.2 Å². The SMILES string of the molecule is Fc1c(Cl)cccc1NC1CCOC2(CCCCC2)C1. The summed E-state index contributed by atoms with van der Waals surface area (Å²) in [6.45, 7) is 0.764. The molecule has 1 unspecified atom stereocenters. The molecule has 2 nitrogen and oxygen atoms in total. The van der Waals surface area contributed by atoms with Gasteiger partial charge in [0.2, 0.25) is 0 Å². The minimum absolute atomic E-state index is 0.0310. The first kappa shape index (κ1) is 14.2. The van der Waals surface area contributed by atoms with Crippen molar-refractivity contribution in [2.45, 2.75) is 56.6 Å². The molecule has 20 heavy (non-hydrogen) atoms. The van der Waals surface area contributed by atoms with Crippen LogP contribution in [0.3, 0.4) is 0 Å².